The van der Waals surface area contributed by atoms with Crippen LogP contribution in [0.4, 0.5) is 0 Å². The lowest BCUT2D eigenvalue weighted by molar-refractivity contribution is 0.0496. The summed E-state index contributed by atoms with van der Waals surface area (Å²) in [6, 6.07) is 10.7. The van der Waals surface area contributed by atoms with Crippen LogP contribution >= 0.6 is 0 Å². The molecule has 3 atom stereocenters. The average Bonchev–Trinajstić information content (AvgIpc) is 2.39. The van der Waals surface area contributed by atoms with Gasteiger partial charge in [-0.1, -0.05) is 39.0 Å². The first-order chi connectivity index (χ1) is 9.00. The minimum absolute atomic E-state index is 0.283. The zero-order valence-corrected chi connectivity index (χ0v) is 12.6. The Balaban J connectivity index is 2.06. The lowest BCUT2D eigenvalue weighted by atomic mass is 9.70. The molecule has 0 heterocycles. The summed E-state index contributed by atoms with van der Waals surface area (Å²) in [6.07, 6.45) is 3.93. The van der Waals surface area contributed by atoms with Gasteiger partial charge in [-0.05, 0) is 49.8 Å². The van der Waals surface area contributed by atoms with E-state index >= 15 is 0 Å². The largest absolute Gasteiger partial charge is 0.489 e. The molecule has 1 N–H and O–H groups in total. The summed E-state index contributed by atoms with van der Waals surface area (Å²) in [7, 11) is 2.05. The first kappa shape index (κ1) is 14.4. The number of nitrogens with one attached hydrogen (secondary N) is 1. The Labute approximate surface area is 117 Å². The third-order valence-electron chi connectivity index (χ3n) is 4.42. The van der Waals surface area contributed by atoms with Crippen LogP contribution in [-0.2, 0) is 0 Å². The molecule has 2 nitrogen and oxygen atoms in total. The molecule has 106 valence electrons. The smallest absolute Gasteiger partial charge is 0.119 e. The van der Waals surface area contributed by atoms with Gasteiger partial charge in [-0.25, -0.2) is 0 Å². The fraction of sp³-hybridized carbons (Fsp3) is 0.647. The van der Waals surface area contributed by atoms with Crippen LogP contribution < -0.4 is 10.1 Å². The normalized spacial score (nSPS) is 28.1. The Bertz CT molecular complexity index is 382. The lowest BCUT2D eigenvalue weighted by Gasteiger charge is -2.41. The van der Waals surface area contributed by atoms with Crippen molar-refractivity contribution in [2.24, 2.45) is 11.3 Å². The van der Waals surface area contributed by atoms with E-state index in [0.717, 1.165) is 18.1 Å². The number of hydrogen-bond acceptors (Lipinski definition) is 2. The number of likely N-dealkylation sites (N-methyl/N-ethyl adjacent to an activating group) is 1. The van der Waals surface area contributed by atoms with Crippen molar-refractivity contribution in [3.05, 3.63) is 30.3 Å². The van der Waals surface area contributed by atoms with E-state index in [0.29, 0.717) is 11.5 Å². The molecule has 0 spiro atoms. The van der Waals surface area contributed by atoms with Gasteiger partial charge in [-0.3, -0.25) is 0 Å². The van der Waals surface area contributed by atoms with E-state index in [1.54, 1.807) is 0 Å². The van der Waals surface area contributed by atoms with Gasteiger partial charge in [0.05, 0.1) is 0 Å². The molecule has 1 fully saturated rings. The number of rotatable bonds is 3. The van der Waals surface area contributed by atoms with E-state index in [2.05, 4.69) is 26.1 Å². The van der Waals surface area contributed by atoms with Gasteiger partial charge < -0.3 is 10.1 Å². The zero-order valence-electron chi connectivity index (χ0n) is 12.6. The number of ether oxygens (including phenoxy) is 1. The molecule has 0 bridgehead atoms. The minimum atomic E-state index is 0.283. The topological polar surface area (TPSA) is 21.3 Å². The molecule has 2 heteroatoms. The molecular weight excluding hydrogens is 234 g/mol. The highest BCUT2D eigenvalue weighted by atomic mass is 16.5. The Morgan fingerprint density at radius 2 is 1.79 bits per heavy atom. The molecule has 0 aromatic heterocycles. The van der Waals surface area contributed by atoms with E-state index in [1.807, 2.05) is 37.4 Å². The van der Waals surface area contributed by atoms with Gasteiger partial charge in [0.2, 0.25) is 0 Å². The highest BCUT2D eigenvalue weighted by Gasteiger charge is 2.36. The summed E-state index contributed by atoms with van der Waals surface area (Å²) in [6.45, 7) is 7.03. The molecule has 0 radical (unpaired) electrons. The maximum Gasteiger partial charge on any atom is 0.119 e. The maximum atomic E-state index is 6.22. The molecule has 1 saturated carbocycles. The van der Waals surface area contributed by atoms with E-state index < -0.39 is 0 Å². The van der Waals surface area contributed by atoms with Crippen molar-refractivity contribution in [3.63, 3.8) is 0 Å². The van der Waals surface area contributed by atoms with Crippen LogP contribution in [0, 0.1) is 11.3 Å². The van der Waals surface area contributed by atoms with E-state index in [9.17, 15) is 0 Å². The molecule has 1 aliphatic rings. The lowest BCUT2D eigenvalue weighted by Crippen LogP contribution is -2.47. The summed E-state index contributed by atoms with van der Waals surface area (Å²) < 4.78 is 6.22. The first-order valence-corrected chi connectivity index (χ1v) is 7.39. The summed E-state index contributed by atoms with van der Waals surface area (Å²) in [5.74, 6) is 1.73. The highest BCUT2D eigenvalue weighted by Crippen LogP contribution is 2.39. The second kappa shape index (κ2) is 5.96. The van der Waals surface area contributed by atoms with Gasteiger partial charge in [-0.15, -0.1) is 0 Å². The van der Waals surface area contributed by atoms with Gasteiger partial charge in [0, 0.05) is 6.04 Å². The summed E-state index contributed by atoms with van der Waals surface area (Å²) in [5, 5.41) is 3.42. The quantitative estimate of drug-likeness (QED) is 0.892. The standard InChI is InChI=1S/C17H27NO/c1-17(2,3)13-10-11-15(18-4)16(12-13)19-14-8-6-5-7-9-14/h5-9,13,15-16,18H,10-12H2,1-4H3. The van der Waals surface area contributed by atoms with Crippen molar-refractivity contribution >= 4 is 0 Å². The summed E-state index contributed by atoms with van der Waals surface area (Å²) in [5.41, 5.74) is 0.372. The molecule has 0 amide bonds. The number of benzene rings is 1. The van der Waals surface area contributed by atoms with Crippen molar-refractivity contribution < 1.29 is 4.74 Å². The molecule has 0 aliphatic heterocycles. The Hall–Kier alpha value is -1.02. The van der Waals surface area contributed by atoms with Crippen molar-refractivity contribution in [3.8, 4) is 5.75 Å². The zero-order chi connectivity index (χ0) is 13.9. The molecule has 3 unspecified atom stereocenters. The van der Waals surface area contributed by atoms with Crippen LogP contribution in [0.5, 0.6) is 5.75 Å². The maximum absolute atomic E-state index is 6.22. The second-order valence-electron chi connectivity index (χ2n) is 6.74. The van der Waals surface area contributed by atoms with Crippen LogP contribution in [-0.4, -0.2) is 19.2 Å². The van der Waals surface area contributed by atoms with Crippen molar-refractivity contribution in [1.82, 2.24) is 5.32 Å². The van der Waals surface area contributed by atoms with Crippen LogP contribution in [0.25, 0.3) is 0 Å². The van der Waals surface area contributed by atoms with Gasteiger partial charge >= 0.3 is 0 Å². The fourth-order valence-electron chi connectivity index (χ4n) is 3.05. The van der Waals surface area contributed by atoms with Crippen LogP contribution in [0.15, 0.2) is 30.3 Å². The Morgan fingerprint density at radius 3 is 2.37 bits per heavy atom. The molecule has 1 aromatic rings. The van der Waals surface area contributed by atoms with E-state index in [-0.39, 0.29) is 6.10 Å². The summed E-state index contributed by atoms with van der Waals surface area (Å²) >= 11 is 0. The van der Waals surface area contributed by atoms with Crippen molar-refractivity contribution in [1.29, 1.82) is 0 Å². The fourth-order valence-corrected chi connectivity index (χ4v) is 3.05. The van der Waals surface area contributed by atoms with Crippen LogP contribution in [0.2, 0.25) is 0 Å². The first-order valence-electron chi connectivity index (χ1n) is 7.39. The monoisotopic (exact) mass is 261 g/mol. The SMILES string of the molecule is CNC1CCC(C(C)(C)C)CC1Oc1ccccc1. The number of hydrogen-bond donors (Lipinski definition) is 1. The molecule has 2 rings (SSSR count). The highest BCUT2D eigenvalue weighted by molar-refractivity contribution is 5.21. The molecule has 1 aromatic carbocycles. The van der Waals surface area contributed by atoms with Gasteiger partial charge in [0.15, 0.2) is 0 Å². The Kier molecular flexibility index (Phi) is 4.51. The van der Waals surface area contributed by atoms with Crippen molar-refractivity contribution in [2.75, 3.05) is 7.05 Å². The number of para-hydroxylation sites is 1. The molecule has 0 saturated heterocycles. The van der Waals surface area contributed by atoms with E-state index in [1.165, 1.54) is 12.8 Å². The van der Waals surface area contributed by atoms with Crippen molar-refractivity contribution in [2.45, 2.75) is 52.2 Å². The third-order valence-corrected chi connectivity index (χ3v) is 4.42. The predicted octanol–water partition coefficient (Wildman–Crippen LogP) is 3.87. The molecule has 1 aliphatic carbocycles. The second-order valence-corrected chi connectivity index (χ2v) is 6.74. The third kappa shape index (κ3) is 3.73. The van der Waals surface area contributed by atoms with Crippen LogP contribution in [0.3, 0.4) is 0 Å². The molecule has 19 heavy (non-hydrogen) atoms. The van der Waals surface area contributed by atoms with Gasteiger partial charge in [0.25, 0.3) is 0 Å². The summed E-state index contributed by atoms with van der Waals surface area (Å²) in [4.78, 5) is 0. The minimum Gasteiger partial charge on any atom is -0.489 e. The van der Waals surface area contributed by atoms with E-state index in [4.69, 9.17) is 4.74 Å². The molecular formula is C17H27NO. The van der Waals surface area contributed by atoms with Gasteiger partial charge in [0.1, 0.15) is 11.9 Å². The predicted molar refractivity (Wildman–Crippen MR) is 80.5 cm³/mol. The Morgan fingerprint density at radius 1 is 1.11 bits per heavy atom. The van der Waals surface area contributed by atoms with Gasteiger partial charge in [-0.2, -0.15) is 0 Å². The van der Waals surface area contributed by atoms with Crippen LogP contribution in [0.1, 0.15) is 40.0 Å². The average molecular weight is 261 g/mol.